The van der Waals surface area contributed by atoms with Crippen LogP contribution in [0.5, 0.6) is 0 Å². The topological polar surface area (TPSA) is 30.7 Å². The molecule has 0 aliphatic rings. The van der Waals surface area contributed by atoms with Crippen LogP contribution in [0.4, 0.5) is 4.39 Å². The van der Waals surface area contributed by atoms with Gasteiger partial charge in [0.15, 0.2) is 0 Å². The van der Waals surface area contributed by atoms with E-state index in [1.54, 1.807) is 17.6 Å². The molecule has 5 heteroatoms. The first kappa shape index (κ1) is 10.1. The molecule has 0 saturated carbocycles. The highest BCUT2D eigenvalue weighted by atomic mass is 35.5. The Hall–Kier alpha value is -1.42. The van der Waals surface area contributed by atoms with Crippen LogP contribution in [-0.2, 0) is 6.54 Å². The summed E-state index contributed by atoms with van der Waals surface area (Å²) in [4.78, 5) is 0. The minimum absolute atomic E-state index is 0.255. The molecule has 78 valence electrons. The van der Waals surface area contributed by atoms with Crippen molar-refractivity contribution in [1.82, 2.24) is 14.8 Å². The predicted molar refractivity (Wildman–Crippen MR) is 55.3 cm³/mol. The van der Waals surface area contributed by atoms with Crippen LogP contribution in [0.1, 0.15) is 11.4 Å². The second-order valence-electron chi connectivity index (χ2n) is 3.23. The first-order valence-electron chi connectivity index (χ1n) is 4.46. The maximum Gasteiger partial charge on any atom is 0.225 e. The summed E-state index contributed by atoms with van der Waals surface area (Å²) in [6.45, 7) is 2.29. The van der Waals surface area contributed by atoms with E-state index < -0.39 is 0 Å². The molecule has 0 unspecified atom stereocenters. The molecule has 2 rings (SSSR count). The third-order valence-electron chi connectivity index (χ3n) is 2.12. The standard InChI is InChI=1S/C10H9ClFN3/c1-7-13-14-10(11)15(7)6-8-3-2-4-9(12)5-8/h2-5H,6H2,1H3. The van der Waals surface area contributed by atoms with Crippen LogP contribution in [0.2, 0.25) is 5.28 Å². The number of aromatic nitrogens is 3. The Balaban J connectivity index is 2.29. The second-order valence-corrected chi connectivity index (χ2v) is 3.57. The molecule has 3 nitrogen and oxygen atoms in total. The molecule has 0 amide bonds. The van der Waals surface area contributed by atoms with Gasteiger partial charge >= 0.3 is 0 Å². The summed E-state index contributed by atoms with van der Waals surface area (Å²) in [6, 6.07) is 6.37. The maximum atomic E-state index is 12.9. The molecule has 1 aromatic carbocycles. The van der Waals surface area contributed by atoms with Crippen molar-refractivity contribution in [3.05, 3.63) is 46.8 Å². The lowest BCUT2D eigenvalue weighted by Crippen LogP contribution is -2.02. The van der Waals surface area contributed by atoms with Gasteiger partial charge in [0.25, 0.3) is 0 Å². The Kier molecular flexibility index (Phi) is 2.68. The van der Waals surface area contributed by atoms with E-state index in [1.165, 1.54) is 12.1 Å². The minimum atomic E-state index is -0.255. The number of benzene rings is 1. The number of aryl methyl sites for hydroxylation is 1. The van der Waals surface area contributed by atoms with Crippen molar-refractivity contribution in [1.29, 1.82) is 0 Å². The number of nitrogens with zero attached hydrogens (tertiary/aromatic N) is 3. The Morgan fingerprint density at radius 3 is 2.80 bits per heavy atom. The zero-order valence-corrected chi connectivity index (χ0v) is 8.87. The van der Waals surface area contributed by atoms with E-state index in [-0.39, 0.29) is 5.82 Å². The van der Waals surface area contributed by atoms with Crippen molar-refractivity contribution in [2.45, 2.75) is 13.5 Å². The molecule has 0 saturated heterocycles. The molecule has 2 aromatic rings. The van der Waals surface area contributed by atoms with Crippen LogP contribution < -0.4 is 0 Å². The van der Waals surface area contributed by atoms with Gasteiger partial charge in [-0.2, -0.15) is 0 Å². The monoisotopic (exact) mass is 225 g/mol. The van der Waals surface area contributed by atoms with E-state index in [0.717, 1.165) is 5.56 Å². The van der Waals surface area contributed by atoms with Crippen LogP contribution in [0.15, 0.2) is 24.3 Å². The summed E-state index contributed by atoms with van der Waals surface area (Å²) in [6.07, 6.45) is 0. The average molecular weight is 226 g/mol. The average Bonchev–Trinajstić information content (AvgIpc) is 2.50. The summed E-state index contributed by atoms with van der Waals surface area (Å²) in [5, 5.41) is 7.86. The summed E-state index contributed by atoms with van der Waals surface area (Å²) in [5.74, 6) is 0.457. The van der Waals surface area contributed by atoms with Gasteiger partial charge < -0.3 is 0 Å². The Morgan fingerprint density at radius 1 is 1.40 bits per heavy atom. The Bertz CT molecular complexity index is 462. The van der Waals surface area contributed by atoms with Crippen LogP contribution in [0, 0.1) is 12.7 Å². The van der Waals surface area contributed by atoms with Gasteiger partial charge in [0.05, 0.1) is 6.54 Å². The number of halogens is 2. The minimum Gasteiger partial charge on any atom is -0.298 e. The molecule has 0 radical (unpaired) electrons. The highest BCUT2D eigenvalue weighted by Crippen LogP contribution is 2.12. The van der Waals surface area contributed by atoms with E-state index in [4.69, 9.17) is 11.6 Å². The smallest absolute Gasteiger partial charge is 0.225 e. The van der Waals surface area contributed by atoms with Crippen molar-refractivity contribution in [2.75, 3.05) is 0 Å². The quantitative estimate of drug-likeness (QED) is 0.786. The van der Waals surface area contributed by atoms with Crippen molar-refractivity contribution in [3.63, 3.8) is 0 Å². The highest BCUT2D eigenvalue weighted by molar-refractivity contribution is 6.28. The van der Waals surface area contributed by atoms with Gasteiger partial charge in [0.1, 0.15) is 11.6 Å². The van der Waals surface area contributed by atoms with Crippen molar-refractivity contribution in [2.24, 2.45) is 0 Å². The summed E-state index contributed by atoms with van der Waals surface area (Å²) in [5.41, 5.74) is 0.833. The predicted octanol–water partition coefficient (Wildman–Crippen LogP) is 2.43. The largest absolute Gasteiger partial charge is 0.298 e. The molecular formula is C10H9ClFN3. The molecule has 0 aliphatic heterocycles. The van der Waals surface area contributed by atoms with Gasteiger partial charge in [-0.05, 0) is 36.2 Å². The molecule has 0 aliphatic carbocycles. The fourth-order valence-corrected chi connectivity index (χ4v) is 1.57. The van der Waals surface area contributed by atoms with Crippen LogP contribution in [-0.4, -0.2) is 14.8 Å². The van der Waals surface area contributed by atoms with Gasteiger partial charge in [-0.25, -0.2) is 4.39 Å². The SMILES string of the molecule is Cc1nnc(Cl)n1Cc1cccc(F)c1. The highest BCUT2D eigenvalue weighted by Gasteiger charge is 2.06. The van der Waals surface area contributed by atoms with Crippen LogP contribution in [0.3, 0.4) is 0 Å². The lowest BCUT2D eigenvalue weighted by Gasteiger charge is -2.05. The van der Waals surface area contributed by atoms with E-state index >= 15 is 0 Å². The van der Waals surface area contributed by atoms with Crippen molar-refractivity contribution in [3.8, 4) is 0 Å². The first-order chi connectivity index (χ1) is 7.16. The Morgan fingerprint density at radius 2 is 2.20 bits per heavy atom. The Labute approximate surface area is 91.5 Å². The lowest BCUT2D eigenvalue weighted by atomic mass is 10.2. The molecule has 0 fully saturated rings. The maximum absolute atomic E-state index is 12.9. The third kappa shape index (κ3) is 2.15. The second kappa shape index (κ2) is 3.98. The zero-order valence-electron chi connectivity index (χ0n) is 8.11. The van der Waals surface area contributed by atoms with Gasteiger partial charge in [0.2, 0.25) is 5.28 Å². The summed E-state index contributed by atoms with van der Waals surface area (Å²) >= 11 is 5.83. The lowest BCUT2D eigenvalue weighted by molar-refractivity contribution is 0.623. The molecule has 0 bridgehead atoms. The van der Waals surface area contributed by atoms with Crippen molar-refractivity contribution < 1.29 is 4.39 Å². The van der Waals surface area contributed by atoms with Gasteiger partial charge in [-0.15, -0.1) is 10.2 Å². The van der Waals surface area contributed by atoms with Gasteiger partial charge in [0, 0.05) is 0 Å². The fraction of sp³-hybridized carbons (Fsp3) is 0.200. The molecule has 1 aromatic heterocycles. The van der Waals surface area contributed by atoms with E-state index in [1.807, 2.05) is 6.07 Å². The molecular weight excluding hydrogens is 217 g/mol. The molecule has 0 N–H and O–H groups in total. The van der Waals surface area contributed by atoms with Crippen LogP contribution >= 0.6 is 11.6 Å². The van der Waals surface area contributed by atoms with Gasteiger partial charge in [-0.3, -0.25) is 4.57 Å². The number of hydrogen-bond acceptors (Lipinski definition) is 2. The first-order valence-corrected chi connectivity index (χ1v) is 4.84. The van der Waals surface area contributed by atoms with E-state index in [0.29, 0.717) is 17.7 Å². The van der Waals surface area contributed by atoms with Gasteiger partial charge in [-0.1, -0.05) is 12.1 Å². The number of rotatable bonds is 2. The zero-order chi connectivity index (χ0) is 10.8. The molecule has 0 spiro atoms. The van der Waals surface area contributed by atoms with E-state index in [2.05, 4.69) is 10.2 Å². The molecule has 1 heterocycles. The molecule has 0 atom stereocenters. The third-order valence-corrected chi connectivity index (χ3v) is 2.40. The fourth-order valence-electron chi connectivity index (χ4n) is 1.35. The molecule has 15 heavy (non-hydrogen) atoms. The normalized spacial score (nSPS) is 10.6. The summed E-state index contributed by atoms with van der Waals surface area (Å²) < 4.78 is 14.6. The van der Waals surface area contributed by atoms with Crippen molar-refractivity contribution >= 4 is 11.6 Å². The summed E-state index contributed by atoms with van der Waals surface area (Å²) in [7, 11) is 0. The van der Waals surface area contributed by atoms with E-state index in [9.17, 15) is 4.39 Å². The number of hydrogen-bond donors (Lipinski definition) is 0. The van der Waals surface area contributed by atoms with Crippen LogP contribution in [0.25, 0.3) is 0 Å².